The molecule has 0 aliphatic rings. The Kier molecular flexibility index (Phi) is 6.21. The smallest absolute Gasteiger partial charge is 0.336 e. The highest BCUT2D eigenvalue weighted by molar-refractivity contribution is 7.89. The Morgan fingerprint density at radius 2 is 1.31 bits per heavy atom. The van der Waals surface area contributed by atoms with Gasteiger partial charge < -0.3 is 14.8 Å². The Hall–Kier alpha value is -1.53. The fourth-order valence-corrected chi connectivity index (χ4v) is 0.856. The van der Waals surface area contributed by atoms with Crippen LogP contribution in [0.4, 0.5) is 0 Å². The van der Waals surface area contributed by atoms with E-state index in [0.717, 1.165) is 0 Å². The Balaban J connectivity index is 0.000000487. The lowest BCUT2D eigenvalue weighted by Crippen LogP contribution is -2.06. The van der Waals surface area contributed by atoms with Crippen molar-refractivity contribution in [2.75, 3.05) is 12.5 Å². The lowest BCUT2D eigenvalue weighted by Gasteiger charge is -1.98. The SMILES string of the molecule is C[S+](C)[O-].O=C(O)c1ccccc1C(=O)O. The van der Waals surface area contributed by atoms with Gasteiger partial charge in [-0.1, -0.05) is 23.3 Å². The lowest BCUT2D eigenvalue weighted by molar-refractivity contribution is 0.0651. The van der Waals surface area contributed by atoms with Crippen LogP contribution in [-0.4, -0.2) is 39.2 Å². The number of hydrogen-bond acceptors (Lipinski definition) is 3. The molecule has 0 amide bonds. The molecule has 16 heavy (non-hydrogen) atoms. The first-order valence-electron chi connectivity index (χ1n) is 4.17. The second-order valence-corrected chi connectivity index (χ2v) is 4.38. The number of aromatic carboxylic acids is 2. The summed E-state index contributed by atoms with van der Waals surface area (Å²) in [6.45, 7) is 0. The van der Waals surface area contributed by atoms with E-state index < -0.39 is 23.1 Å². The molecular weight excluding hydrogens is 232 g/mol. The van der Waals surface area contributed by atoms with Crippen molar-refractivity contribution in [2.45, 2.75) is 0 Å². The van der Waals surface area contributed by atoms with Gasteiger partial charge in [0, 0.05) is 0 Å². The molecule has 0 heterocycles. The minimum Gasteiger partial charge on any atom is -0.617 e. The molecule has 0 spiro atoms. The Morgan fingerprint density at radius 3 is 1.50 bits per heavy atom. The summed E-state index contributed by atoms with van der Waals surface area (Å²) in [5.41, 5.74) is -0.380. The molecule has 0 radical (unpaired) electrons. The topological polar surface area (TPSA) is 97.7 Å². The quantitative estimate of drug-likeness (QED) is 0.758. The summed E-state index contributed by atoms with van der Waals surface area (Å²) in [5, 5.41) is 17.1. The van der Waals surface area contributed by atoms with Crippen molar-refractivity contribution in [3.8, 4) is 0 Å². The minimum atomic E-state index is -1.23. The molecule has 0 aromatic heterocycles. The van der Waals surface area contributed by atoms with Crippen LogP contribution in [0.1, 0.15) is 20.7 Å². The summed E-state index contributed by atoms with van der Waals surface area (Å²) in [6.07, 6.45) is 3.28. The predicted octanol–water partition coefficient (Wildman–Crippen LogP) is 1.08. The van der Waals surface area contributed by atoms with Crippen LogP contribution in [0.5, 0.6) is 0 Å². The van der Waals surface area contributed by atoms with Crippen LogP contribution in [-0.2, 0) is 11.2 Å². The maximum absolute atomic E-state index is 10.5. The van der Waals surface area contributed by atoms with E-state index in [0.29, 0.717) is 0 Å². The van der Waals surface area contributed by atoms with Crippen molar-refractivity contribution >= 4 is 23.1 Å². The maximum Gasteiger partial charge on any atom is 0.336 e. The zero-order chi connectivity index (χ0) is 12.7. The first-order valence-corrected chi connectivity index (χ1v) is 6.13. The highest BCUT2D eigenvalue weighted by Gasteiger charge is 2.13. The molecular formula is C10H12O5S. The molecule has 0 unspecified atom stereocenters. The zero-order valence-corrected chi connectivity index (χ0v) is 9.65. The van der Waals surface area contributed by atoms with Gasteiger partial charge in [-0.15, -0.1) is 0 Å². The van der Waals surface area contributed by atoms with Crippen LogP contribution in [0.15, 0.2) is 24.3 Å². The van der Waals surface area contributed by atoms with E-state index in [2.05, 4.69) is 0 Å². The second kappa shape index (κ2) is 6.86. The van der Waals surface area contributed by atoms with E-state index in [1.807, 2.05) is 0 Å². The molecule has 0 atom stereocenters. The molecule has 2 N–H and O–H groups in total. The normalized spacial score (nSPS) is 9.25. The van der Waals surface area contributed by atoms with E-state index in [1.54, 1.807) is 12.5 Å². The van der Waals surface area contributed by atoms with Gasteiger partial charge in [-0.05, 0) is 12.1 Å². The molecule has 88 valence electrons. The number of carboxylic acids is 2. The number of rotatable bonds is 2. The van der Waals surface area contributed by atoms with Gasteiger partial charge in [0.1, 0.15) is 0 Å². The van der Waals surface area contributed by atoms with Crippen molar-refractivity contribution in [1.82, 2.24) is 0 Å². The molecule has 0 saturated heterocycles. The predicted molar refractivity (Wildman–Crippen MR) is 60.4 cm³/mol. The highest BCUT2D eigenvalue weighted by Crippen LogP contribution is 2.07. The molecule has 1 aromatic rings. The Labute approximate surface area is 95.9 Å². The van der Waals surface area contributed by atoms with Gasteiger partial charge in [0.15, 0.2) is 0 Å². The van der Waals surface area contributed by atoms with Gasteiger partial charge in [0.2, 0.25) is 0 Å². The fourth-order valence-electron chi connectivity index (χ4n) is 0.856. The molecule has 0 fully saturated rings. The molecule has 0 bridgehead atoms. The fraction of sp³-hybridized carbons (Fsp3) is 0.200. The van der Waals surface area contributed by atoms with Crippen molar-refractivity contribution in [3.05, 3.63) is 35.4 Å². The third-order valence-corrected chi connectivity index (χ3v) is 1.39. The monoisotopic (exact) mass is 244 g/mol. The standard InChI is InChI=1S/C8H6O4.C2H6OS/c9-7(10)5-3-1-2-4-6(5)8(11)12;1-4(2)3/h1-4H,(H,9,10)(H,11,12);1-2H3. The summed E-state index contributed by atoms with van der Waals surface area (Å²) < 4.78 is 9.56. The third-order valence-electron chi connectivity index (χ3n) is 1.39. The summed E-state index contributed by atoms with van der Waals surface area (Å²) in [4.78, 5) is 20.9. The molecule has 1 aromatic carbocycles. The van der Waals surface area contributed by atoms with Crippen LogP contribution in [0, 0.1) is 0 Å². The minimum absolute atomic E-state index is 0.190. The number of carboxylic acid groups (broad SMARTS) is 2. The molecule has 5 nitrogen and oxygen atoms in total. The van der Waals surface area contributed by atoms with Crippen LogP contribution in [0.2, 0.25) is 0 Å². The Bertz CT molecular complexity index is 339. The van der Waals surface area contributed by atoms with Gasteiger partial charge >= 0.3 is 11.9 Å². The van der Waals surface area contributed by atoms with E-state index >= 15 is 0 Å². The van der Waals surface area contributed by atoms with Crippen molar-refractivity contribution < 1.29 is 24.4 Å². The molecule has 0 saturated carbocycles. The van der Waals surface area contributed by atoms with Gasteiger partial charge in [-0.25, -0.2) is 9.59 Å². The summed E-state index contributed by atoms with van der Waals surface area (Å²) in [6, 6.07) is 5.48. The van der Waals surface area contributed by atoms with Gasteiger partial charge in [0.25, 0.3) is 0 Å². The van der Waals surface area contributed by atoms with E-state index in [4.69, 9.17) is 10.2 Å². The van der Waals surface area contributed by atoms with E-state index in [-0.39, 0.29) is 11.1 Å². The van der Waals surface area contributed by atoms with Crippen LogP contribution < -0.4 is 0 Å². The zero-order valence-electron chi connectivity index (χ0n) is 8.84. The summed E-state index contributed by atoms with van der Waals surface area (Å²) in [7, 11) is 0. The number of benzene rings is 1. The first kappa shape index (κ1) is 14.5. The molecule has 6 heteroatoms. The van der Waals surface area contributed by atoms with Gasteiger partial charge in [-0.2, -0.15) is 0 Å². The van der Waals surface area contributed by atoms with E-state index in [1.165, 1.54) is 24.3 Å². The van der Waals surface area contributed by atoms with Gasteiger partial charge in [0.05, 0.1) is 23.6 Å². The van der Waals surface area contributed by atoms with Crippen molar-refractivity contribution in [3.63, 3.8) is 0 Å². The average molecular weight is 244 g/mol. The molecule has 0 aliphatic carbocycles. The number of carbonyl (C=O) groups is 2. The average Bonchev–Trinajstić information content (AvgIpc) is 2.16. The molecule has 1 rings (SSSR count). The van der Waals surface area contributed by atoms with Crippen molar-refractivity contribution in [1.29, 1.82) is 0 Å². The second-order valence-electron chi connectivity index (χ2n) is 2.90. The van der Waals surface area contributed by atoms with E-state index in [9.17, 15) is 14.1 Å². The largest absolute Gasteiger partial charge is 0.617 e. The van der Waals surface area contributed by atoms with Crippen LogP contribution in [0.25, 0.3) is 0 Å². The van der Waals surface area contributed by atoms with Crippen LogP contribution in [0.3, 0.4) is 0 Å². The van der Waals surface area contributed by atoms with Gasteiger partial charge in [-0.3, -0.25) is 0 Å². The van der Waals surface area contributed by atoms with Crippen molar-refractivity contribution in [2.24, 2.45) is 0 Å². The summed E-state index contributed by atoms with van der Waals surface area (Å²) >= 11 is -0.611. The third kappa shape index (κ3) is 5.38. The Morgan fingerprint density at radius 1 is 1.06 bits per heavy atom. The first-order chi connectivity index (χ1) is 7.36. The lowest BCUT2D eigenvalue weighted by atomic mass is 10.1. The maximum atomic E-state index is 10.5. The summed E-state index contributed by atoms with van der Waals surface area (Å²) in [5.74, 6) is -2.46. The number of hydrogen-bond donors (Lipinski definition) is 2. The highest BCUT2D eigenvalue weighted by atomic mass is 32.2. The molecule has 0 aliphatic heterocycles. The van der Waals surface area contributed by atoms with Crippen LogP contribution >= 0.6 is 0 Å².